The summed E-state index contributed by atoms with van der Waals surface area (Å²) in [4.78, 5) is 0. The second-order valence-corrected chi connectivity index (χ2v) is 7.70. The van der Waals surface area contributed by atoms with Crippen LogP contribution in [0.25, 0.3) is 11.0 Å². The van der Waals surface area contributed by atoms with Gasteiger partial charge in [0, 0.05) is 5.56 Å². The lowest BCUT2D eigenvalue weighted by molar-refractivity contribution is -0.277. The summed E-state index contributed by atoms with van der Waals surface area (Å²) in [6, 6.07) is 13.8. The lowest BCUT2D eigenvalue weighted by Crippen LogP contribution is -2.60. The Balaban J connectivity index is 1.62. The van der Waals surface area contributed by atoms with Gasteiger partial charge in [-0.2, -0.15) is 0 Å². The molecule has 1 aromatic heterocycles. The van der Waals surface area contributed by atoms with Crippen molar-refractivity contribution < 1.29 is 34.3 Å². The molecule has 0 radical (unpaired) electrons. The molecular formula is C23H26O7. The molecule has 1 fully saturated rings. The van der Waals surface area contributed by atoms with Crippen LogP contribution in [0.2, 0.25) is 0 Å². The molecule has 4 N–H and O–H groups in total. The largest absolute Gasteiger partial charge is 0.464 e. The van der Waals surface area contributed by atoms with E-state index in [2.05, 4.69) is 12.1 Å². The zero-order chi connectivity index (χ0) is 21.3. The third-order valence-electron chi connectivity index (χ3n) is 5.48. The first-order valence-corrected chi connectivity index (χ1v) is 9.99. The molecule has 1 saturated heterocycles. The van der Waals surface area contributed by atoms with Gasteiger partial charge in [0.05, 0.1) is 18.3 Å². The van der Waals surface area contributed by atoms with Crippen molar-refractivity contribution in [2.24, 2.45) is 0 Å². The van der Waals surface area contributed by atoms with Crippen LogP contribution in [-0.4, -0.2) is 57.7 Å². The highest BCUT2D eigenvalue weighted by Gasteiger charge is 2.44. The number of aliphatic hydroxyl groups excluding tert-OH is 4. The lowest BCUT2D eigenvalue weighted by atomic mass is 9.99. The Labute approximate surface area is 174 Å². The van der Waals surface area contributed by atoms with E-state index in [1.807, 2.05) is 37.3 Å². The molecule has 4 rings (SSSR count). The van der Waals surface area contributed by atoms with Crippen LogP contribution in [0.4, 0.5) is 0 Å². The first kappa shape index (κ1) is 20.8. The maximum atomic E-state index is 10.3. The fourth-order valence-corrected chi connectivity index (χ4v) is 3.81. The Bertz CT molecular complexity index is 982. The van der Waals surface area contributed by atoms with Gasteiger partial charge in [0.2, 0.25) is 6.29 Å². The van der Waals surface area contributed by atoms with Crippen molar-refractivity contribution in [2.45, 2.75) is 50.5 Å². The zero-order valence-electron chi connectivity index (χ0n) is 16.6. The van der Waals surface area contributed by atoms with Gasteiger partial charge >= 0.3 is 0 Å². The average Bonchev–Trinajstić information content (AvgIpc) is 3.16. The van der Waals surface area contributed by atoms with E-state index in [9.17, 15) is 20.4 Å². The van der Waals surface area contributed by atoms with E-state index in [0.717, 1.165) is 29.4 Å². The molecule has 0 unspecified atom stereocenters. The third-order valence-corrected chi connectivity index (χ3v) is 5.48. The molecule has 0 bridgehead atoms. The van der Waals surface area contributed by atoms with Gasteiger partial charge in [-0.15, -0.1) is 0 Å². The molecule has 3 aromatic rings. The fraction of sp³-hybridized carbons (Fsp3) is 0.391. The molecule has 0 amide bonds. The van der Waals surface area contributed by atoms with Gasteiger partial charge < -0.3 is 34.3 Å². The van der Waals surface area contributed by atoms with Crippen LogP contribution in [-0.2, 0) is 17.6 Å². The van der Waals surface area contributed by atoms with Gasteiger partial charge in [0.1, 0.15) is 35.7 Å². The van der Waals surface area contributed by atoms with E-state index in [1.165, 1.54) is 5.56 Å². The zero-order valence-corrected chi connectivity index (χ0v) is 16.6. The molecule has 30 heavy (non-hydrogen) atoms. The molecule has 2 heterocycles. The van der Waals surface area contributed by atoms with Crippen LogP contribution in [0.1, 0.15) is 16.7 Å². The van der Waals surface area contributed by atoms with Crippen molar-refractivity contribution in [1.82, 2.24) is 0 Å². The van der Waals surface area contributed by atoms with Gasteiger partial charge in [-0.1, -0.05) is 30.3 Å². The summed E-state index contributed by atoms with van der Waals surface area (Å²) in [5.41, 5.74) is 3.70. The van der Waals surface area contributed by atoms with Crippen molar-refractivity contribution in [1.29, 1.82) is 0 Å². The number of hydrogen-bond donors (Lipinski definition) is 4. The van der Waals surface area contributed by atoms with Gasteiger partial charge in [-0.3, -0.25) is 0 Å². The van der Waals surface area contributed by atoms with E-state index in [1.54, 1.807) is 6.26 Å². The maximum absolute atomic E-state index is 10.3. The molecule has 0 saturated carbocycles. The number of aryl methyl sites for hydroxylation is 3. The highest BCUT2D eigenvalue weighted by molar-refractivity contribution is 5.88. The molecule has 2 aromatic carbocycles. The SMILES string of the molecule is Cc1cc(O[C@@H]2O[C@H](CO)[C@@H](O)[C@H](O)[C@H]2O)c2c(CCc3ccccc3)coc2c1. The molecule has 5 atom stereocenters. The fourth-order valence-electron chi connectivity index (χ4n) is 3.81. The van der Waals surface area contributed by atoms with Crippen LogP contribution >= 0.6 is 0 Å². The van der Waals surface area contributed by atoms with Crippen molar-refractivity contribution >= 4 is 11.0 Å². The molecular weight excluding hydrogens is 388 g/mol. The summed E-state index contributed by atoms with van der Waals surface area (Å²) in [6.45, 7) is 1.38. The summed E-state index contributed by atoms with van der Waals surface area (Å²) in [6.07, 6.45) is -3.43. The maximum Gasteiger partial charge on any atom is 0.229 e. The summed E-state index contributed by atoms with van der Waals surface area (Å²) in [7, 11) is 0. The first-order valence-electron chi connectivity index (χ1n) is 9.99. The summed E-state index contributed by atoms with van der Waals surface area (Å²) in [5.74, 6) is 0.450. The summed E-state index contributed by atoms with van der Waals surface area (Å²) in [5, 5.41) is 40.5. The van der Waals surface area contributed by atoms with Gasteiger partial charge in [-0.25, -0.2) is 0 Å². The van der Waals surface area contributed by atoms with Gasteiger partial charge in [0.15, 0.2) is 0 Å². The van der Waals surface area contributed by atoms with E-state index < -0.39 is 37.3 Å². The van der Waals surface area contributed by atoms with Gasteiger partial charge in [0.25, 0.3) is 0 Å². The van der Waals surface area contributed by atoms with E-state index in [0.29, 0.717) is 11.3 Å². The summed E-state index contributed by atoms with van der Waals surface area (Å²) < 4.78 is 17.2. The Morgan fingerprint density at radius 2 is 1.73 bits per heavy atom. The summed E-state index contributed by atoms with van der Waals surface area (Å²) >= 11 is 0. The first-order chi connectivity index (χ1) is 14.5. The monoisotopic (exact) mass is 414 g/mol. The molecule has 1 aliphatic rings. The van der Waals surface area contributed by atoms with Crippen LogP contribution < -0.4 is 4.74 Å². The van der Waals surface area contributed by atoms with Crippen LogP contribution in [0, 0.1) is 6.92 Å². The number of aliphatic hydroxyl groups is 4. The van der Waals surface area contributed by atoms with Crippen molar-refractivity contribution in [3.8, 4) is 5.75 Å². The smallest absolute Gasteiger partial charge is 0.229 e. The quantitative estimate of drug-likeness (QED) is 0.486. The van der Waals surface area contributed by atoms with Gasteiger partial charge in [-0.05, 0) is 43.0 Å². The minimum atomic E-state index is -1.50. The lowest BCUT2D eigenvalue weighted by Gasteiger charge is -2.39. The molecule has 7 nitrogen and oxygen atoms in total. The predicted molar refractivity (Wildman–Crippen MR) is 109 cm³/mol. The number of fused-ring (bicyclic) bond motifs is 1. The topological polar surface area (TPSA) is 113 Å². The Hall–Kier alpha value is -2.42. The predicted octanol–water partition coefficient (Wildman–Crippen LogP) is 1.71. The number of furan rings is 1. The molecule has 0 spiro atoms. The number of rotatable bonds is 6. The van der Waals surface area contributed by atoms with E-state index in [-0.39, 0.29) is 0 Å². The highest BCUT2D eigenvalue weighted by atomic mass is 16.7. The van der Waals surface area contributed by atoms with Crippen LogP contribution in [0.5, 0.6) is 5.75 Å². The van der Waals surface area contributed by atoms with Crippen LogP contribution in [0.3, 0.4) is 0 Å². The Morgan fingerprint density at radius 1 is 0.967 bits per heavy atom. The molecule has 160 valence electrons. The average molecular weight is 414 g/mol. The van der Waals surface area contributed by atoms with Crippen LogP contribution in [0.15, 0.2) is 53.1 Å². The third kappa shape index (κ3) is 4.08. The second-order valence-electron chi connectivity index (χ2n) is 7.70. The number of benzene rings is 2. The molecule has 0 aliphatic carbocycles. The standard InChI is InChI=1S/C23H26O7/c1-13-9-16-19(15(12-28-16)8-7-14-5-3-2-4-6-14)17(10-13)29-23-22(27)21(26)20(25)18(11-24)30-23/h2-6,9-10,12,18,20-27H,7-8,11H2,1H3/t18-,20-,21+,22-,23-/m1/s1. The van der Waals surface area contributed by atoms with E-state index >= 15 is 0 Å². The van der Waals surface area contributed by atoms with E-state index in [4.69, 9.17) is 13.9 Å². The van der Waals surface area contributed by atoms with Crippen molar-refractivity contribution in [3.63, 3.8) is 0 Å². The normalized spacial score (nSPS) is 26.8. The molecule has 1 aliphatic heterocycles. The van der Waals surface area contributed by atoms with Crippen molar-refractivity contribution in [2.75, 3.05) is 6.61 Å². The second kappa shape index (κ2) is 8.75. The number of hydrogen-bond acceptors (Lipinski definition) is 7. The minimum absolute atomic E-state index is 0.450. The minimum Gasteiger partial charge on any atom is -0.464 e. The number of ether oxygens (including phenoxy) is 2. The van der Waals surface area contributed by atoms with Crippen molar-refractivity contribution in [3.05, 3.63) is 65.4 Å². The Morgan fingerprint density at radius 3 is 2.47 bits per heavy atom. The molecule has 7 heteroatoms. The Kier molecular flexibility index (Phi) is 6.08. The highest BCUT2D eigenvalue weighted by Crippen LogP contribution is 2.35.